The Morgan fingerprint density at radius 2 is 2.04 bits per heavy atom. The lowest BCUT2D eigenvalue weighted by Crippen LogP contribution is -2.29. The van der Waals surface area contributed by atoms with Gasteiger partial charge in [0, 0.05) is 16.8 Å². The van der Waals surface area contributed by atoms with E-state index in [0.717, 1.165) is 17.7 Å². The zero-order valence-corrected chi connectivity index (χ0v) is 14.6. The number of thioether (sulfide) groups is 1. The van der Waals surface area contributed by atoms with Crippen molar-refractivity contribution in [1.29, 1.82) is 0 Å². The van der Waals surface area contributed by atoms with Crippen LogP contribution in [0.5, 0.6) is 0 Å². The number of rotatable bonds is 6. The van der Waals surface area contributed by atoms with Crippen LogP contribution in [0.25, 0.3) is 0 Å². The quantitative estimate of drug-likeness (QED) is 0.616. The molecule has 0 spiro atoms. The number of benzene rings is 1. The van der Waals surface area contributed by atoms with E-state index in [9.17, 15) is 4.79 Å². The minimum absolute atomic E-state index is 0.0381. The zero-order chi connectivity index (χ0) is 16.8. The predicted molar refractivity (Wildman–Crippen MR) is 94.5 cm³/mol. The van der Waals surface area contributed by atoms with E-state index in [1.807, 2.05) is 38.1 Å². The first-order valence-electron chi connectivity index (χ1n) is 7.26. The maximum Gasteiger partial charge on any atom is 0.230 e. The van der Waals surface area contributed by atoms with Crippen LogP contribution in [0.15, 0.2) is 35.5 Å². The molecule has 1 aromatic heterocycles. The fourth-order valence-corrected chi connectivity index (χ4v) is 2.96. The maximum atomic E-state index is 12.2. The highest BCUT2D eigenvalue weighted by molar-refractivity contribution is 7.99. The van der Waals surface area contributed by atoms with E-state index in [4.69, 9.17) is 17.3 Å². The summed E-state index contributed by atoms with van der Waals surface area (Å²) in [5.74, 6) is 0.584. The number of carbonyl (C=O) groups is 1. The van der Waals surface area contributed by atoms with E-state index >= 15 is 0 Å². The van der Waals surface area contributed by atoms with Gasteiger partial charge in [0.1, 0.15) is 5.82 Å². The largest absolute Gasteiger partial charge is 0.384 e. The lowest BCUT2D eigenvalue weighted by Gasteiger charge is -2.17. The molecule has 0 aliphatic heterocycles. The first-order valence-corrected chi connectivity index (χ1v) is 8.63. The van der Waals surface area contributed by atoms with Crippen molar-refractivity contribution in [3.05, 3.63) is 46.6 Å². The van der Waals surface area contributed by atoms with Crippen LogP contribution in [0.3, 0.4) is 0 Å². The average Bonchev–Trinajstić information content (AvgIpc) is 2.51. The molecule has 122 valence electrons. The third-order valence-electron chi connectivity index (χ3n) is 3.20. The third-order valence-corrected chi connectivity index (χ3v) is 4.30. The first kappa shape index (κ1) is 17.6. The number of aromatic nitrogens is 2. The van der Waals surface area contributed by atoms with Crippen molar-refractivity contribution >= 4 is 35.1 Å². The van der Waals surface area contributed by atoms with Gasteiger partial charge in [-0.2, -0.15) is 0 Å². The van der Waals surface area contributed by atoms with Gasteiger partial charge in [-0.3, -0.25) is 4.79 Å². The second-order valence-electron chi connectivity index (χ2n) is 5.09. The van der Waals surface area contributed by atoms with Crippen LogP contribution in [-0.2, 0) is 4.79 Å². The van der Waals surface area contributed by atoms with Crippen molar-refractivity contribution in [2.75, 3.05) is 11.5 Å². The molecule has 1 unspecified atom stereocenters. The molecular formula is C16H19ClN4OS. The van der Waals surface area contributed by atoms with Gasteiger partial charge in [-0.15, -0.1) is 0 Å². The summed E-state index contributed by atoms with van der Waals surface area (Å²) in [5.41, 5.74) is 7.50. The number of hydrogen-bond acceptors (Lipinski definition) is 5. The van der Waals surface area contributed by atoms with Crippen molar-refractivity contribution in [2.24, 2.45) is 0 Å². The minimum Gasteiger partial charge on any atom is -0.384 e. The number of carbonyl (C=O) groups excluding carboxylic acids is 1. The number of nitrogen functional groups attached to an aromatic ring is 1. The third kappa shape index (κ3) is 5.41. The molecule has 1 amide bonds. The highest BCUT2D eigenvalue weighted by Crippen LogP contribution is 2.20. The SMILES string of the molecule is CCC(NC(=O)CSc1nc(C)cc(N)n1)c1ccc(Cl)cc1. The Hall–Kier alpha value is -1.79. The first-order chi connectivity index (χ1) is 11.0. The molecule has 0 bridgehead atoms. The number of nitrogens with two attached hydrogens (primary N) is 1. The van der Waals surface area contributed by atoms with E-state index in [0.29, 0.717) is 16.0 Å². The van der Waals surface area contributed by atoms with Crippen LogP contribution in [-0.4, -0.2) is 21.6 Å². The highest BCUT2D eigenvalue weighted by atomic mass is 35.5. The number of amides is 1. The van der Waals surface area contributed by atoms with Gasteiger partial charge >= 0.3 is 0 Å². The summed E-state index contributed by atoms with van der Waals surface area (Å²) in [6.07, 6.45) is 0.798. The van der Waals surface area contributed by atoms with Gasteiger partial charge in [0.25, 0.3) is 0 Å². The summed E-state index contributed by atoms with van der Waals surface area (Å²) >= 11 is 7.17. The molecule has 0 fully saturated rings. The average molecular weight is 351 g/mol. The van der Waals surface area contributed by atoms with Crippen molar-refractivity contribution in [3.63, 3.8) is 0 Å². The molecule has 7 heteroatoms. The molecule has 2 aromatic rings. The van der Waals surface area contributed by atoms with E-state index in [2.05, 4.69) is 15.3 Å². The monoisotopic (exact) mass is 350 g/mol. The molecule has 0 radical (unpaired) electrons. The Morgan fingerprint density at radius 3 is 2.65 bits per heavy atom. The molecule has 1 heterocycles. The van der Waals surface area contributed by atoms with Crippen molar-refractivity contribution in [3.8, 4) is 0 Å². The summed E-state index contributed by atoms with van der Waals surface area (Å²) < 4.78 is 0. The molecule has 0 saturated heterocycles. The number of nitrogens with zero attached hydrogens (tertiary/aromatic N) is 2. The topological polar surface area (TPSA) is 80.9 Å². The lowest BCUT2D eigenvalue weighted by atomic mass is 10.0. The fourth-order valence-electron chi connectivity index (χ4n) is 2.11. The Morgan fingerprint density at radius 1 is 1.35 bits per heavy atom. The van der Waals surface area contributed by atoms with E-state index < -0.39 is 0 Å². The van der Waals surface area contributed by atoms with E-state index in [1.54, 1.807) is 6.07 Å². The molecule has 2 rings (SSSR count). The molecular weight excluding hydrogens is 332 g/mol. The highest BCUT2D eigenvalue weighted by Gasteiger charge is 2.13. The number of nitrogens with one attached hydrogen (secondary N) is 1. The van der Waals surface area contributed by atoms with Crippen LogP contribution >= 0.6 is 23.4 Å². The Balaban J connectivity index is 1.93. The van der Waals surface area contributed by atoms with Gasteiger partial charge < -0.3 is 11.1 Å². The van der Waals surface area contributed by atoms with Crippen molar-refractivity contribution < 1.29 is 4.79 Å². The van der Waals surface area contributed by atoms with Gasteiger partial charge in [-0.05, 0) is 31.0 Å². The van der Waals surface area contributed by atoms with Crippen LogP contribution in [0.1, 0.15) is 30.6 Å². The summed E-state index contributed by atoms with van der Waals surface area (Å²) in [6, 6.07) is 9.15. The molecule has 3 N–H and O–H groups in total. The van der Waals surface area contributed by atoms with Gasteiger partial charge in [0.2, 0.25) is 5.91 Å². The number of anilines is 1. The molecule has 23 heavy (non-hydrogen) atoms. The Kier molecular flexibility index (Phi) is 6.24. The number of aryl methyl sites for hydroxylation is 1. The van der Waals surface area contributed by atoms with Gasteiger partial charge in [-0.1, -0.05) is 42.4 Å². The van der Waals surface area contributed by atoms with Crippen LogP contribution < -0.4 is 11.1 Å². The molecule has 0 aliphatic rings. The van der Waals surface area contributed by atoms with Crippen molar-refractivity contribution in [1.82, 2.24) is 15.3 Å². The minimum atomic E-state index is -0.0690. The summed E-state index contributed by atoms with van der Waals surface area (Å²) in [6.45, 7) is 3.87. The smallest absolute Gasteiger partial charge is 0.230 e. The van der Waals surface area contributed by atoms with Gasteiger partial charge in [-0.25, -0.2) is 9.97 Å². The lowest BCUT2D eigenvalue weighted by molar-refractivity contribution is -0.119. The second kappa shape index (κ2) is 8.17. The van der Waals surface area contributed by atoms with Gasteiger partial charge in [0.05, 0.1) is 11.8 Å². The second-order valence-corrected chi connectivity index (χ2v) is 6.46. The van der Waals surface area contributed by atoms with Crippen LogP contribution in [0, 0.1) is 6.92 Å². The number of hydrogen-bond donors (Lipinski definition) is 2. The van der Waals surface area contributed by atoms with E-state index in [-0.39, 0.29) is 17.7 Å². The van der Waals surface area contributed by atoms with Crippen molar-refractivity contribution in [2.45, 2.75) is 31.5 Å². The van der Waals surface area contributed by atoms with Crippen LogP contribution in [0.4, 0.5) is 5.82 Å². The normalized spacial score (nSPS) is 12.0. The predicted octanol–water partition coefficient (Wildman–Crippen LogP) is 3.38. The molecule has 0 aliphatic carbocycles. The van der Waals surface area contributed by atoms with E-state index in [1.165, 1.54) is 11.8 Å². The van der Waals surface area contributed by atoms with Crippen LogP contribution in [0.2, 0.25) is 5.02 Å². The number of halogens is 1. The Labute approximate surface area is 145 Å². The fraction of sp³-hybridized carbons (Fsp3) is 0.312. The zero-order valence-electron chi connectivity index (χ0n) is 13.0. The molecule has 1 atom stereocenters. The summed E-state index contributed by atoms with van der Waals surface area (Å²) in [7, 11) is 0. The Bertz CT molecular complexity index is 658. The molecule has 5 nitrogen and oxygen atoms in total. The maximum absolute atomic E-state index is 12.2. The molecule has 1 aromatic carbocycles. The summed E-state index contributed by atoms with van der Waals surface area (Å²) in [4.78, 5) is 20.5. The standard InChI is InChI=1S/C16H19ClN4OS/c1-3-13(11-4-6-12(17)7-5-11)20-15(22)9-23-16-19-10(2)8-14(18)21-16/h4-8,13H,3,9H2,1-2H3,(H,20,22)(H2,18,19,21). The van der Waals surface area contributed by atoms with Gasteiger partial charge in [0.15, 0.2) is 5.16 Å². The molecule has 0 saturated carbocycles. The summed E-state index contributed by atoms with van der Waals surface area (Å²) in [5, 5.41) is 4.20.